The number of nitrogens with one attached hydrogen (secondary N) is 2. The van der Waals surface area contributed by atoms with E-state index in [1.54, 1.807) is 0 Å². The van der Waals surface area contributed by atoms with Gasteiger partial charge in [0, 0.05) is 18.1 Å². The number of ether oxygens (including phenoxy) is 1. The van der Waals surface area contributed by atoms with E-state index in [0.717, 1.165) is 6.42 Å². The first-order valence-corrected chi connectivity index (χ1v) is 7.61. The van der Waals surface area contributed by atoms with Crippen LogP contribution in [0.25, 0.3) is 0 Å². The van der Waals surface area contributed by atoms with E-state index >= 15 is 0 Å². The molecule has 1 fully saturated rings. The molecule has 0 spiro atoms. The molecule has 0 aromatic carbocycles. The molecule has 19 heavy (non-hydrogen) atoms. The van der Waals surface area contributed by atoms with Gasteiger partial charge in [-0.2, -0.15) is 0 Å². The third-order valence-electron chi connectivity index (χ3n) is 3.22. The summed E-state index contributed by atoms with van der Waals surface area (Å²) < 4.78 is 5.26. The number of carbonyl (C=O) groups is 1. The average Bonchev–Trinajstić information content (AvgIpc) is 2.93. The first-order valence-electron chi connectivity index (χ1n) is 7.61. The van der Waals surface area contributed by atoms with Crippen LogP contribution in [0.15, 0.2) is 0 Å². The highest BCUT2D eigenvalue weighted by molar-refractivity contribution is 5.68. The van der Waals surface area contributed by atoms with E-state index < -0.39 is 5.60 Å². The molecule has 0 radical (unpaired) electrons. The molecule has 0 aliphatic heterocycles. The second-order valence-electron chi connectivity index (χ2n) is 6.54. The summed E-state index contributed by atoms with van der Waals surface area (Å²) in [6.45, 7) is 10.1. The standard InChI is InChI=1S/C15H30N2O2/c1-6-8-11(9-7-2)16-12-10-13(12)17-14(18)19-15(3,4)5/h11-13,16H,6-10H2,1-5H3,(H,17,18). The number of hydrogen-bond acceptors (Lipinski definition) is 3. The van der Waals surface area contributed by atoms with Gasteiger partial charge >= 0.3 is 6.09 Å². The smallest absolute Gasteiger partial charge is 0.407 e. The van der Waals surface area contributed by atoms with Crippen molar-refractivity contribution in [3.8, 4) is 0 Å². The minimum absolute atomic E-state index is 0.242. The van der Waals surface area contributed by atoms with Crippen molar-refractivity contribution < 1.29 is 9.53 Å². The summed E-state index contributed by atoms with van der Waals surface area (Å²) in [7, 11) is 0. The van der Waals surface area contributed by atoms with Gasteiger partial charge in [-0.1, -0.05) is 26.7 Å². The second kappa shape index (κ2) is 7.13. The first kappa shape index (κ1) is 16.3. The third-order valence-corrected chi connectivity index (χ3v) is 3.22. The van der Waals surface area contributed by atoms with Crippen LogP contribution in [0.5, 0.6) is 0 Å². The van der Waals surface area contributed by atoms with Crippen molar-refractivity contribution in [1.29, 1.82) is 0 Å². The molecule has 0 saturated heterocycles. The Labute approximate surface area is 117 Å². The molecule has 1 rings (SSSR count). The van der Waals surface area contributed by atoms with Gasteiger partial charge in [0.25, 0.3) is 0 Å². The number of carbonyl (C=O) groups excluding carboxylic acids is 1. The molecule has 0 aromatic rings. The Balaban J connectivity index is 2.25. The van der Waals surface area contributed by atoms with Crippen LogP contribution in [0.3, 0.4) is 0 Å². The summed E-state index contributed by atoms with van der Waals surface area (Å²) in [5.41, 5.74) is -0.422. The molecular formula is C15H30N2O2. The van der Waals surface area contributed by atoms with Gasteiger partial charge in [0.15, 0.2) is 0 Å². The van der Waals surface area contributed by atoms with Gasteiger partial charge in [-0.3, -0.25) is 0 Å². The molecule has 1 aliphatic rings. The Morgan fingerprint density at radius 1 is 1.21 bits per heavy atom. The molecule has 4 heteroatoms. The summed E-state index contributed by atoms with van der Waals surface area (Å²) in [5.74, 6) is 0. The van der Waals surface area contributed by atoms with Gasteiger partial charge in [0.1, 0.15) is 5.60 Å². The lowest BCUT2D eigenvalue weighted by molar-refractivity contribution is 0.0521. The molecule has 2 atom stereocenters. The van der Waals surface area contributed by atoms with E-state index in [0.29, 0.717) is 12.1 Å². The minimum atomic E-state index is -0.422. The summed E-state index contributed by atoms with van der Waals surface area (Å²) in [6, 6.07) is 1.26. The van der Waals surface area contributed by atoms with Gasteiger partial charge in [-0.25, -0.2) is 4.79 Å². The monoisotopic (exact) mass is 270 g/mol. The van der Waals surface area contributed by atoms with Crippen LogP contribution in [0.1, 0.15) is 66.7 Å². The van der Waals surface area contributed by atoms with Crippen LogP contribution in [0.4, 0.5) is 4.79 Å². The molecule has 0 bridgehead atoms. The van der Waals surface area contributed by atoms with Crippen molar-refractivity contribution >= 4 is 6.09 Å². The fraction of sp³-hybridized carbons (Fsp3) is 0.933. The van der Waals surface area contributed by atoms with Gasteiger partial charge in [0.05, 0.1) is 0 Å². The topological polar surface area (TPSA) is 50.4 Å². The van der Waals surface area contributed by atoms with Gasteiger partial charge in [-0.15, -0.1) is 0 Å². The van der Waals surface area contributed by atoms with Crippen molar-refractivity contribution in [2.45, 2.75) is 90.4 Å². The number of amides is 1. The zero-order valence-corrected chi connectivity index (χ0v) is 13.1. The number of hydrogen-bond donors (Lipinski definition) is 2. The summed E-state index contributed by atoms with van der Waals surface area (Å²) >= 11 is 0. The normalized spacial score (nSPS) is 22.4. The maximum atomic E-state index is 11.6. The van der Waals surface area contributed by atoms with Crippen LogP contribution in [-0.4, -0.2) is 29.8 Å². The summed E-state index contributed by atoms with van der Waals surface area (Å²) in [5, 5.41) is 6.57. The van der Waals surface area contributed by atoms with Crippen LogP contribution in [-0.2, 0) is 4.74 Å². The van der Waals surface area contributed by atoms with Crippen LogP contribution < -0.4 is 10.6 Å². The fourth-order valence-corrected chi connectivity index (χ4v) is 2.31. The molecule has 112 valence electrons. The Morgan fingerprint density at radius 3 is 2.26 bits per heavy atom. The zero-order chi connectivity index (χ0) is 14.5. The van der Waals surface area contributed by atoms with Crippen molar-refractivity contribution in [3.63, 3.8) is 0 Å². The Bertz CT molecular complexity index is 280. The first-order chi connectivity index (χ1) is 8.85. The minimum Gasteiger partial charge on any atom is -0.444 e. The van der Waals surface area contributed by atoms with Gasteiger partial charge < -0.3 is 15.4 Å². The molecule has 1 aliphatic carbocycles. The highest BCUT2D eigenvalue weighted by Gasteiger charge is 2.40. The van der Waals surface area contributed by atoms with Crippen molar-refractivity contribution in [3.05, 3.63) is 0 Å². The van der Waals surface area contributed by atoms with Crippen molar-refractivity contribution in [1.82, 2.24) is 10.6 Å². The molecule has 1 saturated carbocycles. The second-order valence-corrected chi connectivity index (χ2v) is 6.54. The lowest BCUT2D eigenvalue weighted by Gasteiger charge is -2.20. The Kier molecular flexibility index (Phi) is 6.11. The van der Waals surface area contributed by atoms with Crippen molar-refractivity contribution in [2.24, 2.45) is 0 Å². The van der Waals surface area contributed by atoms with Crippen LogP contribution in [0, 0.1) is 0 Å². The predicted molar refractivity (Wildman–Crippen MR) is 78.3 cm³/mol. The van der Waals surface area contributed by atoms with E-state index in [1.165, 1.54) is 25.7 Å². The van der Waals surface area contributed by atoms with Crippen LogP contribution >= 0.6 is 0 Å². The van der Waals surface area contributed by atoms with E-state index in [-0.39, 0.29) is 12.1 Å². The lowest BCUT2D eigenvalue weighted by Crippen LogP contribution is -2.39. The molecule has 2 unspecified atom stereocenters. The van der Waals surface area contributed by atoms with E-state index in [4.69, 9.17) is 4.74 Å². The van der Waals surface area contributed by atoms with E-state index in [1.807, 2.05) is 20.8 Å². The Hall–Kier alpha value is -0.770. The molecule has 2 N–H and O–H groups in total. The average molecular weight is 270 g/mol. The zero-order valence-electron chi connectivity index (χ0n) is 13.1. The highest BCUT2D eigenvalue weighted by Crippen LogP contribution is 2.24. The predicted octanol–water partition coefficient (Wildman–Crippen LogP) is 3.21. The SMILES string of the molecule is CCCC(CCC)NC1CC1NC(=O)OC(C)(C)C. The molecule has 0 aromatic heterocycles. The maximum absolute atomic E-state index is 11.6. The largest absolute Gasteiger partial charge is 0.444 e. The number of rotatable bonds is 7. The maximum Gasteiger partial charge on any atom is 0.407 e. The van der Waals surface area contributed by atoms with E-state index in [9.17, 15) is 4.79 Å². The van der Waals surface area contributed by atoms with Gasteiger partial charge in [-0.05, 0) is 40.0 Å². The highest BCUT2D eigenvalue weighted by atomic mass is 16.6. The lowest BCUT2D eigenvalue weighted by atomic mass is 10.1. The Morgan fingerprint density at radius 2 is 1.79 bits per heavy atom. The fourth-order valence-electron chi connectivity index (χ4n) is 2.31. The van der Waals surface area contributed by atoms with Crippen LogP contribution in [0.2, 0.25) is 0 Å². The summed E-state index contributed by atoms with van der Waals surface area (Å²) in [6.07, 6.45) is 5.54. The molecule has 0 heterocycles. The molecule has 1 amide bonds. The molecule has 4 nitrogen and oxygen atoms in total. The third kappa shape index (κ3) is 6.81. The molecular weight excluding hydrogens is 240 g/mol. The van der Waals surface area contributed by atoms with Crippen molar-refractivity contribution in [2.75, 3.05) is 0 Å². The quantitative estimate of drug-likeness (QED) is 0.747. The van der Waals surface area contributed by atoms with Gasteiger partial charge in [0.2, 0.25) is 0 Å². The summed E-state index contributed by atoms with van der Waals surface area (Å²) in [4.78, 5) is 11.6. The number of alkyl carbamates (subject to hydrolysis) is 1. The van der Waals surface area contributed by atoms with E-state index in [2.05, 4.69) is 24.5 Å².